The Morgan fingerprint density at radius 2 is 1.50 bits per heavy atom. The summed E-state index contributed by atoms with van der Waals surface area (Å²) in [7, 11) is 0. The summed E-state index contributed by atoms with van der Waals surface area (Å²) >= 11 is 0. The van der Waals surface area contributed by atoms with E-state index in [0.717, 1.165) is 11.1 Å². The van der Waals surface area contributed by atoms with E-state index in [9.17, 15) is 9.59 Å². The van der Waals surface area contributed by atoms with Gasteiger partial charge in [0, 0.05) is 5.69 Å². The maximum absolute atomic E-state index is 12.1. The number of amides is 1. The number of rotatable bonds is 5. The Bertz CT molecular complexity index is 703. The highest BCUT2D eigenvalue weighted by molar-refractivity contribution is 5.97. The molecule has 0 radical (unpaired) electrons. The lowest BCUT2D eigenvalue weighted by Crippen LogP contribution is -2.30. The molecular formula is C20H23NO3. The van der Waals surface area contributed by atoms with Crippen molar-refractivity contribution in [2.75, 3.05) is 5.32 Å². The van der Waals surface area contributed by atoms with Crippen molar-refractivity contribution in [2.24, 2.45) is 0 Å². The molecule has 0 bridgehead atoms. The van der Waals surface area contributed by atoms with Gasteiger partial charge in [-0.3, -0.25) is 4.79 Å². The molecule has 4 heteroatoms. The van der Waals surface area contributed by atoms with Crippen molar-refractivity contribution in [3.63, 3.8) is 0 Å². The van der Waals surface area contributed by atoms with Gasteiger partial charge in [0.05, 0.1) is 5.56 Å². The van der Waals surface area contributed by atoms with Crippen LogP contribution in [-0.2, 0) is 9.53 Å². The maximum Gasteiger partial charge on any atom is 0.338 e. The Morgan fingerprint density at radius 3 is 2.04 bits per heavy atom. The Hall–Kier alpha value is -2.62. The van der Waals surface area contributed by atoms with Gasteiger partial charge in [-0.15, -0.1) is 0 Å². The number of aryl methyl sites for hydroxylation is 1. The van der Waals surface area contributed by atoms with Crippen LogP contribution in [0.4, 0.5) is 5.69 Å². The van der Waals surface area contributed by atoms with Crippen molar-refractivity contribution >= 4 is 17.6 Å². The first-order valence-electron chi connectivity index (χ1n) is 8.05. The fraction of sp³-hybridized carbons (Fsp3) is 0.300. The fourth-order valence-electron chi connectivity index (χ4n) is 2.17. The second kappa shape index (κ2) is 7.77. The number of hydrogen-bond acceptors (Lipinski definition) is 3. The zero-order chi connectivity index (χ0) is 17.7. The minimum atomic E-state index is -0.872. The molecule has 0 aliphatic heterocycles. The summed E-state index contributed by atoms with van der Waals surface area (Å²) in [5.74, 6) is -0.461. The number of ether oxygens (including phenoxy) is 1. The molecular weight excluding hydrogens is 302 g/mol. The molecule has 2 rings (SSSR count). The first kappa shape index (κ1) is 17.7. The van der Waals surface area contributed by atoms with Crippen LogP contribution in [0.25, 0.3) is 0 Å². The lowest BCUT2D eigenvalue weighted by Gasteiger charge is -2.14. The van der Waals surface area contributed by atoms with Crippen LogP contribution in [0, 0.1) is 6.92 Å². The molecule has 0 heterocycles. The molecule has 2 aromatic rings. The van der Waals surface area contributed by atoms with Crippen molar-refractivity contribution in [3.05, 3.63) is 65.2 Å². The summed E-state index contributed by atoms with van der Waals surface area (Å²) in [6, 6.07) is 14.7. The van der Waals surface area contributed by atoms with Crippen LogP contribution in [0.1, 0.15) is 48.2 Å². The predicted octanol–water partition coefficient (Wildman–Crippen LogP) is 4.30. The Labute approximate surface area is 142 Å². The van der Waals surface area contributed by atoms with E-state index in [1.54, 1.807) is 19.1 Å². The second-order valence-corrected chi connectivity index (χ2v) is 6.18. The molecule has 4 nitrogen and oxygen atoms in total. The zero-order valence-corrected chi connectivity index (χ0v) is 14.5. The SMILES string of the molecule is Cc1ccc(NC(=O)[C@H](C)OC(=O)c2ccc(C(C)C)cc2)cc1. The standard InChI is InChI=1S/C20H23NO3/c1-13(2)16-7-9-17(10-8-16)20(23)24-15(4)19(22)21-18-11-5-14(3)6-12-18/h5-13,15H,1-4H3,(H,21,22)/t15-/m0/s1. The maximum atomic E-state index is 12.1. The van der Waals surface area contributed by atoms with Crippen molar-refractivity contribution in [1.29, 1.82) is 0 Å². The van der Waals surface area contributed by atoms with E-state index in [4.69, 9.17) is 4.74 Å². The van der Waals surface area contributed by atoms with E-state index in [1.807, 2.05) is 43.3 Å². The molecule has 1 N–H and O–H groups in total. The molecule has 2 aromatic carbocycles. The Kier molecular flexibility index (Phi) is 5.74. The van der Waals surface area contributed by atoms with Gasteiger partial charge in [0.25, 0.3) is 5.91 Å². The highest BCUT2D eigenvalue weighted by Gasteiger charge is 2.19. The number of nitrogens with one attached hydrogen (secondary N) is 1. The van der Waals surface area contributed by atoms with Crippen LogP contribution in [0.3, 0.4) is 0 Å². The minimum Gasteiger partial charge on any atom is -0.449 e. The van der Waals surface area contributed by atoms with Gasteiger partial charge in [0.1, 0.15) is 0 Å². The third kappa shape index (κ3) is 4.69. The largest absolute Gasteiger partial charge is 0.449 e. The summed E-state index contributed by atoms with van der Waals surface area (Å²) in [5.41, 5.74) is 3.37. The van der Waals surface area contributed by atoms with Gasteiger partial charge < -0.3 is 10.1 Å². The lowest BCUT2D eigenvalue weighted by atomic mass is 10.0. The lowest BCUT2D eigenvalue weighted by molar-refractivity contribution is -0.123. The molecule has 0 aromatic heterocycles. The fourth-order valence-corrected chi connectivity index (χ4v) is 2.17. The van der Waals surface area contributed by atoms with Crippen LogP contribution >= 0.6 is 0 Å². The Balaban J connectivity index is 1.94. The average molecular weight is 325 g/mol. The van der Waals surface area contributed by atoms with E-state index in [2.05, 4.69) is 19.2 Å². The number of benzene rings is 2. The van der Waals surface area contributed by atoms with E-state index in [0.29, 0.717) is 17.2 Å². The molecule has 126 valence electrons. The summed E-state index contributed by atoms with van der Waals surface area (Å²) < 4.78 is 5.24. The smallest absolute Gasteiger partial charge is 0.338 e. The number of carbonyl (C=O) groups is 2. The first-order chi connectivity index (χ1) is 11.4. The molecule has 0 saturated heterocycles. The van der Waals surface area contributed by atoms with Gasteiger partial charge in [0.2, 0.25) is 0 Å². The summed E-state index contributed by atoms with van der Waals surface area (Å²) in [4.78, 5) is 24.3. The first-order valence-corrected chi connectivity index (χ1v) is 8.05. The normalized spacial score (nSPS) is 11.9. The molecule has 0 aliphatic rings. The predicted molar refractivity (Wildman–Crippen MR) is 95.2 cm³/mol. The molecule has 0 unspecified atom stereocenters. The van der Waals surface area contributed by atoms with E-state index < -0.39 is 12.1 Å². The number of hydrogen-bond donors (Lipinski definition) is 1. The molecule has 1 amide bonds. The number of carbonyl (C=O) groups excluding carboxylic acids is 2. The van der Waals surface area contributed by atoms with Crippen molar-refractivity contribution < 1.29 is 14.3 Å². The molecule has 0 fully saturated rings. The third-order valence-corrected chi connectivity index (χ3v) is 3.79. The highest BCUT2D eigenvalue weighted by Crippen LogP contribution is 2.16. The van der Waals surface area contributed by atoms with E-state index in [1.165, 1.54) is 0 Å². The van der Waals surface area contributed by atoms with E-state index in [-0.39, 0.29) is 5.91 Å². The average Bonchev–Trinajstić information content (AvgIpc) is 2.56. The van der Waals surface area contributed by atoms with Crippen LogP contribution in [0.2, 0.25) is 0 Å². The monoisotopic (exact) mass is 325 g/mol. The zero-order valence-electron chi connectivity index (χ0n) is 14.5. The van der Waals surface area contributed by atoms with Crippen LogP contribution in [0.15, 0.2) is 48.5 Å². The number of anilines is 1. The van der Waals surface area contributed by atoms with Gasteiger partial charge in [0.15, 0.2) is 6.10 Å². The topological polar surface area (TPSA) is 55.4 Å². The number of esters is 1. The molecule has 0 saturated carbocycles. The van der Waals surface area contributed by atoms with Crippen molar-refractivity contribution in [3.8, 4) is 0 Å². The minimum absolute atomic E-state index is 0.356. The van der Waals surface area contributed by atoms with Gasteiger partial charge in [-0.1, -0.05) is 43.7 Å². The molecule has 0 spiro atoms. The summed E-state index contributed by atoms with van der Waals surface area (Å²) in [6.45, 7) is 7.71. The van der Waals surface area contributed by atoms with Crippen LogP contribution < -0.4 is 5.32 Å². The molecule has 1 atom stereocenters. The van der Waals surface area contributed by atoms with E-state index >= 15 is 0 Å². The van der Waals surface area contributed by atoms with Crippen LogP contribution in [0.5, 0.6) is 0 Å². The van der Waals surface area contributed by atoms with Gasteiger partial charge in [-0.2, -0.15) is 0 Å². The Morgan fingerprint density at radius 1 is 0.917 bits per heavy atom. The molecule has 0 aliphatic carbocycles. The third-order valence-electron chi connectivity index (χ3n) is 3.79. The van der Waals surface area contributed by atoms with Crippen molar-refractivity contribution in [1.82, 2.24) is 0 Å². The quantitative estimate of drug-likeness (QED) is 0.834. The summed E-state index contributed by atoms with van der Waals surface area (Å²) in [6.07, 6.45) is -0.872. The van der Waals surface area contributed by atoms with Gasteiger partial charge >= 0.3 is 5.97 Å². The highest BCUT2D eigenvalue weighted by atomic mass is 16.5. The van der Waals surface area contributed by atoms with Gasteiger partial charge in [-0.25, -0.2) is 4.79 Å². The van der Waals surface area contributed by atoms with Gasteiger partial charge in [-0.05, 0) is 49.6 Å². The van der Waals surface area contributed by atoms with Crippen molar-refractivity contribution in [2.45, 2.75) is 39.7 Å². The second-order valence-electron chi connectivity index (χ2n) is 6.18. The summed E-state index contributed by atoms with van der Waals surface area (Å²) in [5, 5.41) is 2.73. The van der Waals surface area contributed by atoms with Crippen LogP contribution in [-0.4, -0.2) is 18.0 Å². The molecule has 24 heavy (non-hydrogen) atoms.